The predicted molar refractivity (Wildman–Crippen MR) is 115 cm³/mol. The lowest BCUT2D eigenvalue weighted by Crippen LogP contribution is -2.38. The summed E-state index contributed by atoms with van der Waals surface area (Å²) in [5, 5.41) is 12.8. The molecule has 0 aliphatic rings. The number of urea groups is 1. The number of rotatable bonds is 6. The number of aromatic nitrogens is 1. The molecule has 8 heteroatoms. The Balaban J connectivity index is 1.94. The van der Waals surface area contributed by atoms with Crippen molar-refractivity contribution in [2.45, 2.75) is 25.8 Å². The first kappa shape index (κ1) is 21.3. The van der Waals surface area contributed by atoms with Crippen LogP contribution in [0.15, 0.2) is 53.5 Å². The van der Waals surface area contributed by atoms with Gasteiger partial charge in [-0.25, -0.2) is 9.18 Å². The third-order valence-electron chi connectivity index (χ3n) is 4.88. The molecule has 6 nitrogen and oxygen atoms in total. The molecule has 0 saturated heterocycles. The molecule has 3 rings (SSSR count). The van der Waals surface area contributed by atoms with E-state index in [0.29, 0.717) is 30.5 Å². The number of unbranched alkanes of at least 4 members (excludes halogenated alkanes) is 1. The van der Waals surface area contributed by atoms with Gasteiger partial charge in [0.15, 0.2) is 0 Å². The number of aromatic amines is 1. The summed E-state index contributed by atoms with van der Waals surface area (Å²) < 4.78 is 13.4. The van der Waals surface area contributed by atoms with Gasteiger partial charge in [0.05, 0.1) is 17.1 Å². The van der Waals surface area contributed by atoms with E-state index in [1.165, 1.54) is 18.2 Å². The van der Waals surface area contributed by atoms with E-state index in [2.05, 4.69) is 16.4 Å². The molecular weight excluding hydrogens is 407 g/mol. The maximum atomic E-state index is 13.4. The van der Waals surface area contributed by atoms with Crippen LogP contribution in [-0.2, 0) is 0 Å². The van der Waals surface area contributed by atoms with Gasteiger partial charge in [0.1, 0.15) is 5.82 Å². The maximum absolute atomic E-state index is 13.4. The van der Waals surface area contributed by atoms with E-state index in [1.807, 2.05) is 19.1 Å². The van der Waals surface area contributed by atoms with Gasteiger partial charge in [0.2, 0.25) is 0 Å². The number of anilines is 1. The molecule has 2 amide bonds. The lowest BCUT2D eigenvalue weighted by Gasteiger charge is -2.30. The first-order chi connectivity index (χ1) is 14.4. The molecule has 3 aromatic rings. The van der Waals surface area contributed by atoms with Crippen molar-refractivity contribution in [3.63, 3.8) is 0 Å². The van der Waals surface area contributed by atoms with Gasteiger partial charge >= 0.3 is 6.03 Å². The molecule has 0 aliphatic heterocycles. The van der Waals surface area contributed by atoms with Crippen LogP contribution in [0.25, 0.3) is 10.8 Å². The average molecular weight is 427 g/mol. The molecule has 0 saturated carbocycles. The molecule has 0 spiro atoms. The van der Waals surface area contributed by atoms with E-state index >= 15 is 0 Å². The quantitative estimate of drug-likeness (QED) is 0.529. The number of H-pyrrole nitrogens is 1. The average Bonchev–Trinajstić information content (AvgIpc) is 2.74. The molecule has 1 unspecified atom stereocenters. The number of hydrogen-bond donors (Lipinski definition) is 2. The summed E-state index contributed by atoms with van der Waals surface area (Å²) >= 11 is 5.81. The Kier molecular flexibility index (Phi) is 6.70. The van der Waals surface area contributed by atoms with Crippen molar-refractivity contribution in [2.24, 2.45) is 0 Å². The number of carbonyl (C=O) groups is 1. The Hall–Kier alpha value is -3.37. The summed E-state index contributed by atoms with van der Waals surface area (Å²) in [6.45, 7) is 2.17. The van der Waals surface area contributed by atoms with E-state index in [0.717, 1.165) is 10.9 Å². The van der Waals surface area contributed by atoms with Crippen LogP contribution in [0.4, 0.5) is 14.9 Å². The largest absolute Gasteiger partial charge is 0.328 e. The fraction of sp³-hybridized carbons (Fsp3) is 0.227. The lowest BCUT2D eigenvalue weighted by molar-refractivity contribution is 0.192. The number of hydrogen-bond acceptors (Lipinski definition) is 3. The Morgan fingerprint density at radius 3 is 2.73 bits per heavy atom. The summed E-state index contributed by atoms with van der Waals surface area (Å²) in [4.78, 5) is 29.5. The summed E-state index contributed by atoms with van der Waals surface area (Å²) in [6.07, 6.45) is 2.39. The van der Waals surface area contributed by atoms with E-state index in [1.54, 1.807) is 23.2 Å². The van der Waals surface area contributed by atoms with Crippen molar-refractivity contribution in [3.8, 4) is 6.07 Å². The van der Waals surface area contributed by atoms with Gasteiger partial charge in [-0.3, -0.25) is 4.79 Å². The Morgan fingerprint density at radius 1 is 1.30 bits per heavy atom. The highest BCUT2D eigenvalue weighted by atomic mass is 35.5. The van der Waals surface area contributed by atoms with E-state index in [-0.39, 0.29) is 10.6 Å². The van der Waals surface area contributed by atoms with Crippen molar-refractivity contribution in [1.29, 1.82) is 5.26 Å². The number of benzene rings is 2. The van der Waals surface area contributed by atoms with Crippen LogP contribution in [0.3, 0.4) is 0 Å². The molecule has 2 N–H and O–H groups in total. The molecule has 2 aromatic carbocycles. The number of nitrogens with zero attached hydrogens (tertiary/aromatic N) is 2. The molecule has 154 valence electrons. The van der Waals surface area contributed by atoms with Crippen LogP contribution >= 0.6 is 11.6 Å². The number of halogens is 2. The molecule has 1 atom stereocenters. The van der Waals surface area contributed by atoms with Gasteiger partial charge in [-0.05, 0) is 48.6 Å². The number of nitrogens with one attached hydrogen (secondary N) is 2. The molecule has 1 heterocycles. The normalized spacial score (nSPS) is 11.7. The molecule has 1 aromatic heterocycles. The van der Waals surface area contributed by atoms with Gasteiger partial charge in [0, 0.05) is 30.2 Å². The van der Waals surface area contributed by atoms with Crippen LogP contribution in [0, 0.1) is 17.1 Å². The molecular formula is C22H20ClFN4O2. The van der Waals surface area contributed by atoms with Crippen LogP contribution in [0.2, 0.25) is 5.02 Å². The Bertz CT molecular complexity index is 1170. The molecule has 0 radical (unpaired) electrons. The Morgan fingerprint density at radius 2 is 2.03 bits per heavy atom. The SMILES string of the molecule is CC(c1c[nH]c(=O)c2ccccc12)N(CCCC#N)C(=O)Nc1ccc(F)c(Cl)c1. The molecule has 30 heavy (non-hydrogen) atoms. The van der Waals surface area contributed by atoms with Crippen molar-refractivity contribution < 1.29 is 9.18 Å². The van der Waals surface area contributed by atoms with Crippen molar-refractivity contribution in [1.82, 2.24) is 9.88 Å². The minimum absolute atomic E-state index is 0.0940. The van der Waals surface area contributed by atoms with Crippen LogP contribution in [0.5, 0.6) is 0 Å². The van der Waals surface area contributed by atoms with Crippen LogP contribution in [0.1, 0.15) is 31.4 Å². The second-order valence-corrected chi connectivity index (χ2v) is 7.22. The first-order valence-electron chi connectivity index (χ1n) is 9.42. The second kappa shape index (κ2) is 9.42. The third-order valence-corrected chi connectivity index (χ3v) is 5.17. The number of amides is 2. The van der Waals surface area contributed by atoms with E-state index in [4.69, 9.17) is 16.9 Å². The fourth-order valence-electron chi connectivity index (χ4n) is 3.31. The highest BCUT2D eigenvalue weighted by Gasteiger charge is 2.23. The summed E-state index contributed by atoms with van der Waals surface area (Å²) in [5.74, 6) is -0.575. The van der Waals surface area contributed by atoms with Gasteiger partial charge in [-0.15, -0.1) is 0 Å². The van der Waals surface area contributed by atoms with Crippen LogP contribution in [-0.4, -0.2) is 22.5 Å². The molecule has 0 aliphatic carbocycles. The molecule has 0 fully saturated rings. The van der Waals surface area contributed by atoms with Gasteiger partial charge in [-0.1, -0.05) is 29.8 Å². The monoisotopic (exact) mass is 426 g/mol. The lowest BCUT2D eigenvalue weighted by atomic mass is 10.0. The minimum Gasteiger partial charge on any atom is -0.328 e. The minimum atomic E-state index is -0.575. The third kappa shape index (κ3) is 4.61. The number of nitriles is 1. The molecule has 0 bridgehead atoms. The summed E-state index contributed by atoms with van der Waals surface area (Å²) in [7, 11) is 0. The number of carbonyl (C=O) groups excluding carboxylic acids is 1. The van der Waals surface area contributed by atoms with Crippen LogP contribution < -0.4 is 10.9 Å². The van der Waals surface area contributed by atoms with Crippen molar-refractivity contribution in [3.05, 3.63) is 75.4 Å². The zero-order valence-electron chi connectivity index (χ0n) is 16.3. The van der Waals surface area contributed by atoms with E-state index in [9.17, 15) is 14.0 Å². The highest BCUT2D eigenvalue weighted by Crippen LogP contribution is 2.27. The Labute approximate surface area is 177 Å². The zero-order valence-corrected chi connectivity index (χ0v) is 17.0. The fourth-order valence-corrected chi connectivity index (χ4v) is 3.49. The summed E-state index contributed by atoms with van der Waals surface area (Å²) in [5.41, 5.74) is 0.924. The van der Waals surface area contributed by atoms with Crippen molar-refractivity contribution >= 4 is 34.1 Å². The first-order valence-corrected chi connectivity index (χ1v) is 9.80. The van der Waals surface area contributed by atoms with Gasteiger partial charge in [-0.2, -0.15) is 5.26 Å². The number of pyridine rings is 1. The van der Waals surface area contributed by atoms with Gasteiger partial charge < -0.3 is 15.2 Å². The van der Waals surface area contributed by atoms with Gasteiger partial charge in [0.25, 0.3) is 5.56 Å². The topological polar surface area (TPSA) is 89.0 Å². The zero-order chi connectivity index (χ0) is 21.7. The number of fused-ring (bicyclic) bond motifs is 1. The second-order valence-electron chi connectivity index (χ2n) is 6.81. The standard InChI is InChI=1S/C22H20ClFN4O2/c1-14(18-13-26-21(29)17-7-3-2-6-16(17)18)28(11-5-4-10-25)22(30)27-15-8-9-20(24)19(23)12-15/h2-3,6-9,12-14H,4-5,11H2,1H3,(H,26,29)(H,27,30). The van der Waals surface area contributed by atoms with Crippen molar-refractivity contribution in [2.75, 3.05) is 11.9 Å². The smallest absolute Gasteiger partial charge is 0.322 e. The maximum Gasteiger partial charge on any atom is 0.322 e. The van der Waals surface area contributed by atoms with E-state index < -0.39 is 17.9 Å². The highest BCUT2D eigenvalue weighted by molar-refractivity contribution is 6.31. The summed E-state index contributed by atoms with van der Waals surface area (Å²) in [6, 6.07) is 12.4. The predicted octanol–water partition coefficient (Wildman–Crippen LogP) is 5.22.